The monoisotopic (exact) mass is 295 g/mol. The molecule has 0 bridgehead atoms. The molecular weight excluding hydrogens is 282 g/mol. The molecule has 0 atom stereocenters. The molecule has 0 radical (unpaired) electrons. The van der Waals surface area contributed by atoms with E-state index in [0.29, 0.717) is 22.7 Å². The molecular formula is C16H13N3O3. The zero-order valence-corrected chi connectivity index (χ0v) is 11.8. The zero-order valence-electron chi connectivity index (χ0n) is 11.8. The van der Waals surface area contributed by atoms with E-state index in [1.165, 1.54) is 13.2 Å². The summed E-state index contributed by atoms with van der Waals surface area (Å²) in [7, 11) is 1.47. The van der Waals surface area contributed by atoms with Crippen molar-refractivity contribution in [2.45, 2.75) is 0 Å². The molecule has 0 aliphatic rings. The van der Waals surface area contributed by atoms with Crippen LogP contribution in [0.15, 0.2) is 53.6 Å². The smallest absolute Gasteiger partial charge is 0.345 e. The van der Waals surface area contributed by atoms with Crippen molar-refractivity contribution in [2.24, 2.45) is 0 Å². The van der Waals surface area contributed by atoms with Crippen molar-refractivity contribution < 1.29 is 9.84 Å². The molecule has 6 nitrogen and oxygen atoms in total. The minimum absolute atomic E-state index is 0.0389. The number of hydrogen-bond acceptors (Lipinski definition) is 5. The fraction of sp³-hybridized carbons (Fsp3) is 0.0625. The Labute approximate surface area is 126 Å². The molecule has 0 amide bonds. The lowest BCUT2D eigenvalue weighted by atomic mass is 10.1. The minimum atomic E-state index is -0.448. The topological polar surface area (TPSA) is 88.1 Å². The Morgan fingerprint density at radius 1 is 1.09 bits per heavy atom. The van der Waals surface area contributed by atoms with Crippen LogP contribution in [0.4, 0.5) is 0 Å². The Morgan fingerprint density at radius 3 is 2.59 bits per heavy atom. The molecule has 1 aromatic carbocycles. The Hall–Kier alpha value is -3.15. The van der Waals surface area contributed by atoms with E-state index in [0.717, 1.165) is 5.56 Å². The van der Waals surface area contributed by atoms with Crippen LogP contribution in [0.5, 0.6) is 11.5 Å². The highest BCUT2D eigenvalue weighted by Crippen LogP contribution is 2.31. The maximum atomic E-state index is 11.8. The predicted molar refractivity (Wildman–Crippen MR) is 81.7 cm³/mol. The van der Waals surface area contributed by atoms with Crippen molar-refractivity contribution in [3.8, 4) is 34.0 Å². The van der Waals surface area contributed by atoms with Crippen molar-refractivity contribution in [2.75, 3.05) is 7.11 Å². The number of benzene rings is 1. The highest BCUT2D eigenvalue weighted by atomic mass is 16.5. The Kier molecular flexibility index (Phi) is 3.57. The second kappa shape index (κ2) is 5.69. The molecule has 2 N–H and O–H groups in total. The van der Waals surface area contributed by atoms with E-state index in [4.69, 9.17) is 4.74 Å². The average molecular weight is 295 g/mol. The number of ether oxygens (including phenoxy) is 1. The lowest BCUT2D eigenvalue weighted by molar-refractivity contribution is 0.373. The van der Waals surface area contributed by atoms with Crippen LogP contribution in [0.1, 0.15) is 0 Å². The van der Waals surface area contributed by atoms with Gasteiger partial charge in [0.1, 0.15) is 0 Å². The molecule has 0 aliphatic heterocycles. The van der Waals surface area contributed by atoms with Gasteiger partial charge in [-0.2, -0.15) is 4.98 Å². The first-order valence-corrected chi connectivity index (χ1v) is 6.56. The van der Waals surface area contributed by atoms with Gasteiger partial charge in [-0.15, -0.1) is 0 Å². The van der Waals surface area contributed by atoms with Gasteiger partial charge in [0.2, 0.25) is 0 Å². The number of methoxy groups -OCH3 is 1. The predicted octanol–water partition coefficient (Wildman–Crippen LogP) is 2.21. The lowest BCUT2D eigenvalue weighted by Gasteiger charge is -2.08. The maximum absolute atomic E-state index is 11.8. The van der Waals surface area contributed by atoms with Crippen LogP contribution in [0.2, 0.25) is 0 Å². The van der Waals surface area contributed by atoms with E-state index in [9.17, 15) is 9.90 Å². The molecule has 2 heterocycles. The summed E-state index contributed by atoms with van der Waals surface area (Å²) in [5.41, 5.74) is 2.20. The molecule has 6 heteroatoms. The number of nitrogens with one attached hydrogen (secondary N) is 1. The number of phenolic OH excluding ortho intramolecular Hbond substituents is 1. The summed E-state index contributed by atoms with van der Waals surface area (Å²) in [6.07, 6.45) is 3.28. The van der Waals surface area contributed by atoms with E-state index in [1.54, 1.807) is 42.7 Å². The first kappa shape index (κ1) is 13.8. The van der Waals surface area contributed by atoms with Crippen molar-refractivity contribution >= 4 is 0 Å². The van der Waals surface area contributed by atoms with Gasteiger partial charge in [0.25, 0.3) is 0 Å². The first-order valence-electron chi connectivity index (χ1n) is 6.56. The first-order chi connectivity index (χ1) is 10.7. The molecule has 22 heavy (non-hydrogen) atoms. The van der Waals surface area contributed by atoms with Crippen molar-refractivity contribution in [1.29, 1.82) is 0 Å². The molecule has 0 fully saturated rings. The van der Waals surface area contributed by atoms with E-state index < -0.39 is 5.69 Å². The molecule has 3 rings (SSSR count). The second-order valence-electron chi connectivity index (χ2n) is 4.61. The Balaban J connectivity index is 2.12. The van der Waals surface area contributed by atoms with Gasteiger partial charge < -0.3 is 14.8 Å². The van der Waals surface area contributed by atoms with Gasteiger partial charge in [-0.05, 0) is 36.4 Å². The third-order valence-corrected chi connectivity index (χ3v) is 3.21. The number of aromatic hydroxyl groups is 1. The summed E-state index contributed by atoms with van der Waals surface area (Å²) in [4.78, 5) is 22.4. The van der Waals surface area contributed by atoms with Gasteiger partial charge >= 0.3 is 5.69 Å². The fourth-order valence-corrected chi connectivity index (χ4v) is 2.13. The molecule has 0 saturated carbocycles. The highest BCUT2D eigenvalue weighted by Gasteiger charge is 2.08. The number of aromatic amines is 1. The molecule has 110 valence electrons. The molecule has 0 aliphatic carbocycles. The van der Waals surface area contributed by atoms with E-state index >= 15 is 0 Å². The normalized spacial score (nSPS) is 10.4. The number of phenols is 1. The molecule has 0 saturated heterocycles. The Morgan fingerprint density at radius 2 is 1.86 bits per heavy atom. The van der Waals surface area contributed by atoms with E-state index in [-0.39, 0.29) is 5.75 Å². The quantitative estimate of drug-likeness (QED) is 0.773. The summed E-state index contributed by atoms with van der Waals surface area (Å²) in [5.74, 6) is 0.373. The van der Waals surface area contributed by atoms with Crippen LogP contribution >= 0.6 is 0 Å². The third kappa shape index (κ3) is 2.67. The van der Waals surface area contributed by atoms with Gasteiger partial charge in [0, 0.05) is 23.5 Å². The highest BCUT2D eigenvalue weighted by molar-refractivity contribution is 5.69. The summed E-state index contributed by atoms with van der Waals surface area (Å²) < 4.78 is 5.09. The van der Waals surface area contributed by atoms with Crippen molar-refractivity contribution in [1.82, 2.24) is 15.0 Å². The molecule has 3 aromatic rings. The van der Waals surface area contributed by atoms with Crippen LogP contribution in [0.25, 0.3) is 22.5 Å². The summed E-state index contributed by atoms with van der Waals surface area (Å²) in [5, 5.41) is 9.65. The Bertz CT molecular complexity index is 860. The van der Waals surface area contributed by atoms with Crippen molar-refractivity contribution in [3.05, 3.63) is 59.3 Å². The molecule has 0 unspecified atom stereocenters. The number of hydrogen-bond donors (Lipinski definition) is 2. The van der Waals surface area contributed by atoms with Gasteiger partial charge in [0.15, 0.2) is 11.5 Å². The number of aromatic nitrogens is 3. The maximum Gasteiger partial charge on any atom is 0.345 e. The molecule has 2 aromatic heterocycles. The van der Waals surface area contributed by atoms with Crippen molar-refractivity contribution in [3.63, 3.8) is 0 Å². The minimum Gasteiger partial charge on any atom is -0.504 e. The number of rotatable bonds is 3. The second-order valence-corrected chi connectivity index (χ2v) is 4.61. The largest absolute Gasteiger partial charge is 0.504 e. The number of H-pyrrole nitrogens is 1. The van der Waals surface area contributed by atoms with Gasteiger partial charge in [-0.25, -0.2) is 4.79 Å². The lowest BCUT2D eigenvalue weighted by Crippen LogP contribution is -2.11. The SMILES string of the molecule is COc1cc(-c2cc(-c3ccncc3)nc(=O)[nH]2)ccc1O. The average Bonchev–Trinajstić information content (AvgIpc) is 2.55. The van der Waals surface area contributed by atoms with E-state index in [2.05, 4.69) is 15.0 Å². The zero-order chi connectivity index (χ0) is 15.5. The van der Waals surface area contributed by atoms with Crippen LogP contribution in [-0.2, 0) is 0 Å². The van der Waals surface area contributed by atoms with E-state index in [1.807, 2.05) is 0 Å². The fourth-order valence-electron chi connectivity index (χ4n) is 2.13. The van der Waals surface area contributed by atoms with Crippen LogP contribution in [0, 0.1) is 0 Å². The van der Waals surface area contributed by atoms with Crippen LogP contribution < -0.4 is 10.4 Å². The number of pyridine rings is 1. The van der Waals surface area contributed by atoms with Gasteiger partial charge in [-0.3, -0.25) is 4.98 Å². The summed E-state index contributed by atoms with van der Waals surface area (Å²) in [6.45, 7) is 0. The standard InChI is InChI=1S/C16H13N3O3/c1-22-15-8-11(2-3-14(15)20)13-9-12(18-16(21)19-13)10-4-6-17-7-5-10/h2-9,20H,1H3,(H,18,19,21). The van der Waals surface area contributed by atoms with Crippen LogP contribution in [0.3, 0.4) is 0 Å². The molecule has 0 spiro atoms. The number of nitrogens with zero attached hydrogens (tertiary/aromatic N) is 2. The van der Waals surface area contributed by atoms with Gasteiger partial charge in [0.05, 0.1) is 18.5 Å². The third-order valence-electron chi connectivity index (χ3n) is 3.21. The van der Waals surface area contributed by atoms with Gasteiger partial charge in [-0.1, -0.05) is 0 Å². The summed E-state index contributed by atoms with van der Waals surface area (Å²) >= 11 is 0. The van der Waals surface area contributed by atoms with Crippen LogP contribution in [-0.4, -0.2) is 27.2 Å². The summed E-state index contributed by atoms with van der Waals surface area (Å²) in [6, 6.07) is 10.2.